The van der Waals surface area contributed by atoms with Gasteiger partial charge in [0.1, 0.15) is 5.75 Å². The van der Waals surface area contributed by atoms with Crippen molar-refractivity contribution in [3.05, 3.63) is 53.6 Å². The molecule has 2 N–H and O–H groups in total. The molecule has 0 aliphatic carbocycles. The molecule has 2 rings (SSSR count). The summed E-state index contributed by atoms with van der Waals surface area (Å²) in [6, 6.07) is 11.0. The molecule has 0 spiro atoms. The third-order valence-electron chi connectivity index (χ3n) is 3.74. The van der Waals surface area contributed by atoms with Crippen LogP contribution in [0, 0.1) is 0 Å². The highest BCUT2D eigenvalue weighted by molar-refractivity contribution is 5.96. The van der Waals surface area contributed by atoms with E-state index < -0.39 is 18.4 Å². The second-order valence-electron chi connectivity index (χ2n) is 5.76. The number of hydrogen-bond acceptors (Lipinski definition) is 5. The number of carbonyl (C=O) groups is 2. The zero-order valence-corrected chi connectivity index (χ0v) is 16.0. The number of carbonyl (C=O) groups excluding carboxylic acids is 2. The Morgan fingerprint density at radius 1 is 0.966 bits per heavy atom. The molecule has 0 heterocycles. The van der Waals surface area contributed by atoms with Gasteiger partial charge in [0, 0.05) is 5.56 Å². The minimum absolute atomic E-state index is 0.00867. The first-order valence-corrected chi connectivity index (χ1v) is 8.95. The SMILES string of the molecule is CCOc1cc(C(=O)NNC(=O)COc2ccc(CC)cc2)ccc1OC(F)F. The second-order valence-corrected chi connectivity index (χ2v) is 5.76. The average molecular weight is 408 g/mol. The van der Waals surface area contributed by atoms with Crippen LogP contribution in [0.3, 0.4) is 0 Å². The van der Waals surface area contributed by atoms with Gasteiger partial charge in [-0.1, -0.05) is 19.1 Å². The number of amides is 2. The number of aryl methyl sites for hydroxylation is 1. The van der Waals surface area contributed by atoms with E-state index >= 15 is 0 Å². The fourth-order valence-electron chi connectivity index (χ4n) is 2.32. The van der Waals surface area contributed by atoms with Gasteiger partial charge in [0.25, 0.3) is 11.8 Å². The van der Waals surface area contributed by atoms with Gasteiger partial charge in [-0.25, -0.2) is 0 Å². The van der Waals surface area contributed by atoms with E-state index in [1.54, 1.807) is 19.1 Å². The summed E-state index contributed by atoms with van der Waals surface area (Å²) in [4.78, 5) is 24.0. The highest BCUT2D eigenvalue weighted by Crippen LogP contribution is 2.29. The Morgan fingerprint density at radius 3 is 2.31 bits per heavy atom. The van der Waals surface area contributed by atoms with E-state index in [9.17, 15) is 18.4 Å². The molecule has 7 nitrogen and oxygen atoms in total. The van der Waals surface area contributed by atoms with Gasteiger partial charge in [0.2, 0.25) is 0 Å². The number of ether oxygens (including phenoxy) is 3. The molecule has 2 amide bonds. The van der Waals surface area contributed by atoms with Gasteiger partial charge >= 0.3 is 6.61 Å². The summed E-state index contributed by atoms with van der Waals surface area (Å²) in [5.41, 5.74) is 5.67. The summed E-state index contributed by atoms with van der Waals surface area (Å²) in [6.45, 7) is 0.568. The van der Waals surface area contributed by atoms with Crippen molar-refractivity contribution in [2.45, 2.75) is 26.9 Å². The fourth-order valence-corrected chi connectivity index (χ4v) is 2.32. The predicted molar refractivity (Wildman–Crippen MR) is 101 cm³/mol. The van der Waals surface area contributed by atoms with Crippen molar-refractivity contribution in [2.75, 3.05) is 13.2 Å². The zero-order chi connectivity index (χ0) is 21.2. The maximum absolute atomic E-state index is 12.4. The first-order valence-electron chi connectivity index (χ1n) is 8.95. The Hall–Kier alpha value is -3.36. The Bertz CT molecular complexity index is 828. The third kappa shape index (κ3) is 6.95. The smallest absolute Gasteiger partial charge is 0.387 e. The number of nitrogens with one attached hydrogen (secondary N) is 2. The second kappa shape index (κ2) is 10.8. The molecule has 0 saturated heterocycles. The van der Waals surface area contributed by atoms with Crippen LogP contribution < -0.4 is 25.1 Å². The van der Waals surface area contributed by atoms with E-state index in [0.29, 0.717) is 5.75 Å². The maximum atomic E-state index is 12.4. The van der Waals surface area contributed by atoms with Crippen molar-refractivity contribution in [1.82, 2.24) is 10.9 Å². The van der Waals surface area contributed by atoms with Crippen molar-refractivity contribution in [3.8, 4) is 17.2 Å². The molecule has 29 heavy (non-hydrogen) atoms. The lowest BCUT2D eigenvalue weighted by Gasteiger charge is -2.13. The molecule has 0 atom stereocenters. The fraction of sp³-hybridized carbons (Fsp3) is 0.300. The molecular weight excluding hydrogens is 386 g/mol. The molecule has 0 saturated carbocycles. The van der Waals surface area contributed by atoms with Gasteiger partial charge in [-0.05, 0) is 49.2 Å². The number of alkyl halides is 2. The van der Waals surface area contributed by atoms with Crippen LogP contribution >= 0.6 is 0 Å². The molecule has 0 aromatic heterocycles. The van der Waals surface area contributed by atoms with Crippen LogP contribution in [0.4, 0.5) is 8.78 Å². The van der Waals surface area contributed by atoms with E-state index in [1.165, 1.54) is 18.2 Å². The quantitative estimate of drug-likeness (QED) is 0.623. The van der Waals surface area contributed by atoms with Crippen molar-refractivity contribution >= 4 is 11.8 Å². The van der Waals surface area contributed by atoms with Crippen LogP contribution in [-0.4, -0.2) is 31.6 Å². The molecule has 0 aliphatic rings. The van der Waals surface area contributed by atoms with Crippen molar-refractivity contribution in [1.29, 1.82) is 0 Å². The molecule has 9 heteroatoms. The molecule has 156 valence electrons. The molecule has 0 aliphatic heterocycles. The Balaban J connectivity index is 1.88. The molecule has 2 aromatic carbocycles. The number of halogens is 2. The lowest BCUT2D eigenvalue weighted by molar-refractivity contribution is -0.123. The Kier molecular flexibility index (Phi) is 8.20. The molecule has 0 bridgehead atoms. The average Bonchev–Trinajstić information content (AvgIpc) is 2.72. The van der Waals surface area contributed by atoms with Crippen LogP contribution in [0.25, 0.3) is 0 Å². The molecule has 0 unspecified atom stereocenters. The summed E-state index contributed by atoms with van der Waals surface area (Å²) in [6.07, 6.45) is 0.896. The van der Waals surface area contributed by atoms with Gasteiger partial charge in [-0.15, -0.1) is 0 Å². The number of benzene rings is 2. The third-order valence-corrected chi connectivity index (χ3v) is 3.74. The van der Waals surface area contributed by atoms with E-state index in [4.69, 9.17) is 9.47 Å². The van der Waals surface area contributed by atoms with E-state index in [1.807, 2.05) is 19.1 Å². The summed E-state index contributed by atoms with van der Waals surface area (Å²) in [5, 5.41) is 0. The van der Waals surface area contributed by atoms with Gasteiger partial charge in [-0.2, -0.15) is 8.78 Å². The largest absolute Gasteiger partial charge is 0.490 e. The predicted octanol–water partition coefficient (Wildman–Crippen LogP) is 3.09. The first-order chi connectivity index (χ1) is 13.9. The van der Waals surface area contributed by atoms with E-state index in [2.05, 4.69) is 15.6 Å². The highest BCUT2D eigenvalue weighted by Gasteiger charge is 2.15. The van der Waals surface area contributed by atoms with Crippen molar-refractivity contribution in [3.63, 3.8) is 0 Å². The van der Waals surface area contributed by atoms with Crippen molar-refractivity contribution in [2.24, 2.45) is 0 Å². The minimum Gasteiger partial charge on any atom is -0.490 e. The maximum Gasteiger partial charge on any atom is 0.387 e. The van der Waals surface area contributed by atoms with Gasteiger partial charge in [-0.3, -0.25) is 20.4 Å². The first kappa shape index (κ1) is 21.9. The monoisotopic (exact) mass is 408 g/mol. The Morgan fingerprint density at radius 2 is 1.69 bits per heavy atom. The van der Waals surface area contributed by atoms with E-state index in [-0.39, 0.29) is 30.3 Å². The lowest BCUT2D eigenvalue weighted by Crippen LogP contribution is -2.43. The number of hydrogen-bond donors (Lipinski definition) is 2. The summed E-state index contributed by atoms with van der Waals surface area (Å²) >= 11 is 0. The summed E-state index contributed by atoms with van der Waals surface area (Å²) in [7, 11) is 0. The van der Waals surface area contributed by atoms with Crippen LogP contribution in [-0.2, 0) is 11.2 Å². The van der Waals surface area contributed by atoms with Crippen LogP contribution in [0.1, 0.15) is 29.8 Å². The summed E-state index contributed by atoms with van der Waals surface area (Å²) in [5.74, 6) is -0.897. The Labute approximate surface area is 166 Å². The number of rotatable bonds is 9. The summed E-state index contributed by atoms with van der Waals surface area (Å²) < 4.78 is 39.7. The number of hydrazine groups is 1. The van der Waals surface area contributed by atoms with Gasteiger partial charge in [0.05, 0.1) is 6.61 Å². The normalized spacial score (nSPS) is 10.4. The van der Waals surface area contributed by atoms with E-state index in [0.717, 1.165) is 12.0 Å². The highest BCUT2D eigenvalue weighted by atomic mass is 19.3. The van der Waals surface area contributed by atoms with Crippen LogP contribution in [0.15, 0.2) is 42.5 Å². The van der Waals surface area contributed by atoms with Crippen molar-refractivity contribution < 1.29 is 32.6 Å². The lowest BCUT2D eigenvalue weighted by atomic mass is 10.2. The van der Waals surface area contributed by atoms with Gasteiger partial charge in [0.15, 0.2) is 18.1 Å². The molecule has 2 aromatic rings. The molecule has 0 radical (unpaired) electrons. The standard InChI is InChI=1S/C20H22F2N2O5/c1-3-13-5-8-15(9-6-13)28-12-18(25)23-24-19(26)14-7-10-16(29-20(21)22)17(11-14)27-4-2/h5-11,20H,3-4,12H2,1-2H3,(H,23,25)(H,24,26). The topological polar surface area (TPSA) is 85.9 Å². The van der Waals surface area contributed by atoms with Gasteiger partial charge < -0.3 is 14.2 Å². The van der Waals surface area contributed by atoms with Crippen LogP contribution in [0.2, 0.25) is 0 Å². The minimum atomic E-state index is -3.02. The molecule has 0 fully saturated rings. The molecular formula is C20H22F2N2O5. The van der Waals surface area contributed by atoms with Crippen LogP contribution in [0.5, 0.6) is 17.2 Å². The zero-order valence-electron chi connectivity index (χ0n) is 16.0.